The van der Waals surface area contributed by atoms with Crippen molar-refractivity contribution >= 4 is 35.8 Å². The van der Waals surface area contributed by atoms with Crippen molar-refractivity contribution in [3.05, 3.63) is 60.1 Å². The molecule has 0 bridgehead atoms. The number of aliphatic imine (C=N–C) groups is 1. The van der Waals surface area contributed by atoms with Crippen molar-refractivity contribution in [1.29, 1.82) is 0 Å². The van der Waals surface area contributed by atoms with Crippen molar-refractivity contribution in [1.82, 2.24) is 20.4 Å². The molecule has 0 spiro atoms. The molecule has 1 aliphatic rings. The van der Waals surface area contributed by atoms with Gasteiger partial charge in [0.15, 0.2) is 5.96 Å². The molecule has 1 saturated heterocycles. The van der Waals surface area contributed by atoms with Gasteiger partial charge in [-0.2, -0.15) is 0 Å². The molecule has 170 valence electrons. The topological polar surface area (TPSA) is 73.1 Å². The van der Waals surface area contributed by atoms with Gasteiger partial charge in [0.1, 0.15) is 12.3 Å². The maximum atomic E-state index is 12.1. The van der Waals surface area contributed by atoms with Crippen LogP contribution in [0.3, 0.4) is 0 Å². The van der Waals surface area contributed by atoms with Crippen LogP contribution in [-0.4, -0.2) is 61.9 Å². The minimum absolute atomic E-state index is 0. The normalized spacial score (nSPS) is 16.3. The number of likely N-dealkylation sites (N-methyl/N-ethyl adjacent to an activating group) is 1. The van der Waals surface area contributed by atoms with Gasteiger partial charge in [-0.05, 0) is 50.6 Å². The van der Waals surface area contributed by atoms with Gasteiger partial charge in [0, 0.05) is 20.6 Å². The monoisotopic (exact) mass is 539 g/mol. The molecule has 2 N–H and O–H groups in total. The first kappa shape index (κ1) is 25.2. The zero-order valence-corrected chi connectivity index (χ0v) is 20.9. The number of hydrogen-bond acceptors (Lipinski definition) is 4. The van der Waals surface area contributed by atoms with Gasteiger partial charge < -0.3 is 20.0 Å². The molecule has 2 unspecified atom stereocenters. The first-order chi connectivity index (χ1) is 14.5. The fraction of sp³-hybridized carbons (Fsp3) is 0.478. The number of amides is 1. The second-order valence-corrected chi connectivity index (χ2v) is 7.88. The van der Waals surface area contributed by atoms with Crippen LogP contribution in [0.1, 0.15) is 43.2 Å². The smallest absolute Gasteiger partial charge is 0.243 e. The molecule has 1 fully saturated rings. The highest BCUT2D eigenvalue weighted by atomic mass is 127. The Balaban J connectivity index is 0.00000341. The summed E-state index contributed by atoms with van der Waals surface area (Å²) in [6, 6.07) is 14.3. The summed E-state index contributed by atoms with van der Waals surface area (Å²) in [7, 11) is 3.48. The predicted molar refractivity (Wildman–Crippen MR) is 135 cm³/mol. The summed E-state index contributed by atoms with van der Waals surface area (Å²) in [6.07, 6.45) is 4.14. The maximum Gasteiger partial charge on any atom is 0.243 e. The molecule has 0 radical (unpaired) electrons. The number of furan rings is 1. The average molecular weight is 539 g/mol. The van der Waals surface area contributed by atoms with Crippen LogP contribution >= 0.6 is 24.0 Å². The molecule has 1 aliphatic heterocycles. The van der Waals surface area contributed by atoms with Crippen molar-refractivity contribution in [3.63, 3.8) is 0 Å². The van der Waals surface area contributed by atoms with Crippen LogP contribution in [0.2, 0.25) is 0 Å². The van der Waals surface area contributed by atoms with Gasteiger partial charge in [0.2, 0.25) is 5.91 Å². The van der Waals surface area contributed by atoms with Crippen LogP contribution in [0, 0.1) is 0 Å². The van der Waals surface area contributed by atoms with Crippen LogP contribution in [-0.2, 0) is 4.79 Å². The van der Waals surface area contributed by atoms with Gasteiger partial charge in [-0.25, -0.2) is 4.99 Å². The molecular weight excluding hydrogens is 505 g/mol. The van der Waals surface area contributed by atoms with E-state index in [-0.39, 0.29) is 48.5 Å². The van der Waals surface area contributed by atoms with Gasteiger partial charge in [-0.15, -0.1) is 24.0 Å². The van der Waals surface area contributed by atoms with E-state index in [2.05, 4.69) is 39.6 Å². The number of nitrogens with one attached hydrogen (secondary N) is 2. The Kier molecular flexibility index (Phi) is 10.3. The Morgan fingerprint density at radius 2 is 1.87 bits per heavy atom. The van der Waals surface area contributed by atoms with Gasteiger partial charge >= 0.3 is 0 Å². The first-order valence-electron chi connectivity index (χ1n) is 10.6. The van der Waals surface area contributed by atoms with E-state index in [4.69, 9.17) is 4.42 Å². The lowest BCUT2D eigenvalue weighted by Gasteiger charge is -2.27. The Labute approximate surface area is 202 Å². The maximum absolute atomic E-state index is 12.1. The molecule has 7 nitrogen and oxygen atoms in total. The molecule has 1 amide bonds. The van der Waals surface area contributed by atoms with E-state index >= 15 is 0 Å². The van der Waals surface area contributed by atoms with Crippen molar-refractivity contribution in [2.75, 3.05) is 40.3 Å². The zero-order chi connectivity index (χ0) is 21.3. The van der Waals surface area contributed by atoms with Crippen molar-refractivity contribution in [3.8, 4) is 0 Å². The first-order valence-corrected chi connectivity index (χ1v) is 10.6. The number of guanidine groups is 1. The third kappa shape index (κ3) is 7.53. The third-order valence-corrected chi connectivity index (χ3v) is 5.44. The van der Waals surface area contributed by atoms with E-state index in [9.17, 15) is 4.79 Å². The van der Waals surface area contributed by atoms with Gasteiger partial charge in [-0.3, -0.25) is 9.69 Å². The molecule has 3 rings (SSSR count). The van der Waals surface area contributed by atoms with Crippen LogP contribution in [0.15, 0.2) is 58.1 Å². The summed E-state index contributed by atoms with van der Waals surface area (Å²) in [5, 5.41) is 6.88. The van der Waals surface area contributed by atoms with Crippen LogP contribution < -0.4 is 10.6 Å². The number of carbonyl (C=O) groups excluding carboxylic acids is 1. The molecule has 8 heteroatoms. The quantitative estimate of drug-likeness (QED) is 0.306. The van der Waals surface area contributed by atoms with Crippen molar-refractivity contribution < 1.29 is 9.21 Å². The van der Waals surface area contributed by atoms with E-state index in [0.717, 1.165) is 24.4 Å². The second-order valence-electron chi connectivity index (χ2n) is 7.88. The number of halogens is 1. The molecular formula is C23H34IN5O2. The third-order valence-electron chi connectivity index (χ3n) is 5.44. The summed E-state index contributed by atoms with van der Waals surface area (Å²) in [6.45, 7) is 4.96. The number of rotatable bonds is 8. The van der Waals surface area contributed by atoms with Gasteiger partial charge in [-0.1, -0.05) is 30.3 Å². The summed E-state index contributed by atoms with van der Waals surface area (Å²) in [5.41, 5.74) is 1.16. The Morgan fingerprint density at radius 3 is 2.48 bits per heavy atom. The van der Waals surface area contributed by atoms with E-state index < -0.39 is 0 Å². The minimum atomic E-state index is -0.0365. The highest BCUT2D eigenvalue weighted by Gasteiger charge is 2.26. The summed E-state index contributed by atoms with van der Waals surface area (Å²) in [5.74, 6) is 1.53. The van der Waals surface area contributed by atoms with Crippen LogP contribution in [0.4, 0.5) is 0 Å². The minimum Gasteiger partial charge on any atom is -0.468 e. The van der Waals surface area contributed by atoms with E-state index in [1.807, 2.05) is 30.3 Å². The van der Waals surface area contributed by atoms with E-state index in [1.165, 1.54) is 12.8 Å². The Morgan fingerprint density at radius 1 is 1.16 bits per heavy atom. The molecule has 0 saturated carbocycles. The molecule has 1 aromatic carbocycles. The number of nitrogens with zero attached hydrogens (tertiary/aromatic N) is 3. The summed E-state index contributed by atoms with van der Waals surface area (Å²) >= 11 is 0. The summed E-state index contributed by atoms with van der Waals surface area (Å²) < 4.78 is 5.72. The largest absolute Gasteiger partial charge is 0.468 e. The number of hydrogen-bond donors (Lipinski definition) is 2. The number of carbonyl (C=O) groups is 1. The molecule has 0 aliphatic carbocycles. The Bertz CT molecular complexity index is 805. The number of benzene rings is 1. The summed E-state index contributed by atoms with van der Waals surface area (Å²) in [4.78, 5) is 20.6. The lowest BCUT2D eigenvalue weighted by molar-refractivity contribution is -0.127. The molecule has 1 aromatic heterocycles. The second kappa shape index (κ2) is 12.7. The average Bonchev–Trinajstić information content (AvgIpc) is 3.47. The predicted octanol–water partition coefficient (Wildman–Crippen LogP) is 3.42. The standard InChI is InChI=1S/C23H33N5O2.HI/c1-18(19-10-5-4-6-11-19)26-23(25-17-22(29)27(2)3)24-16-20(21-12-9-15-30-21)28-13-7-8-14-28;/h4-6,9-12,15,18,20H,7-8,13-14,16-17H2,1-3H3,(H2,24,25,26);1H. The fourth-order valence-electron chi connectivity index (χ4n) is 3.61. The Hall–Kier alpha value is -2.07. The highest BCUT2D eigenvalue weighted by molar-refractivity contribution is 14.0. The molecule has 31 heavy (non-hydrogen) atoms. The van der Waals surface area contributed by atoms with E-state index in [1.54, 1.807) is 25.3 Å². The fourth-order valence-corrected chi connectivity index (χ4v) is 3.61. The van der Waals surface area contributed by atoms with Crippen molar-refractivity contribution in [2.24, 2.45) is 4.99 Å². The van der Waals surface area contributed by atoms with E-state index in [0.29, 0.717) is 12.5 Å². The van der Waals surface area contributed by atoms with Crippen LogP contribution in [0.5, 0.6) is 0 Å². The lowest BCUT2D eigenvalue weighted by atomic mass is 10.1. The SMILES string of the molecule is CC(NC(=NCC(=O)N(C)C)NCC(c1ccco1)N1CCCC1)c1ccccc1.I. The lowest BCUT2D eigenvalue weighted by Crippen LogP contribution is -2.44. The highest BCUT2D eigenvalue weighted by Crippen LogP contribution is 2.24. The molecule has 2 atom stereocenters. The van der Waals surface area contributed by atoms with Gasteiger partial charge in [0.05, 0.1) is 18.3 Å². The van der Waals surface area contributed by atoms with Gasteiger partial charge in [0.25, 0.3) is 0 Å². The van der Waals surface area contributed by atoms with Crippen molar-refractivity contribution in [2.45, 2.75) is 31.8 Å². The molecule has 2 heterocycles. The zero-order valence-electron chi connectivity index (χ0n) is 18.6. The number of likely N-dealkylation sites (tertiary alicyclic amines) is 1. The molecule has 2 aromatic rings. The van der Waals surface area contributed by atoms with Crippen LogP contribution in [0.25, 0.3) is 0 Å².